The Morgan fingerprint density at radius 2 is 1.83 bits per heavy atom. The lowest BCUT2D eigenvalue weighted by molar-refractivity contribution is 0.103. The van der Waals surface area contributed by atoms with Gasteiger partial charge in [0.05, 0.1) is 11.4 Å². The smallest absolute Gasteiger partial charge is 0.209 e. The van der Waals surface area contributed by atoms with E-state index >= 15 is 0 Å². The highest BCUT2D eigenvalue weighted by Crippen LogP contribution is 2.25. The van der Waals surface area contributed by atoms with Crippen molar-refractivity contribution in [3.8, 4) is 5.88 Å². The monoisotopic (exact) mass is 354 g/mol. The van der Waals surface area contributed by atoms with Crippen LogP contribution in [0.1, 0.15) is 27.7 Å². The van der Waals surface area contributed by atoms with Gasteiger partial charge in [-0.05, 0) is 31.3 Å². The van der Waals surface area contributed by atoms with E-state index in [-0.39, 0.29) is 11.7 Å². The number of carbonyl (C=O) groups is 1. The number of H-pyrrole nitrogens is 1. The topological polar surface area (TPSA) is 65.5 Å². The van der Waals surface area contributed by atoms with Crippen LogP contribution in [0.25, 0.3) is 0 Å². The summed E-state index contributed by atoms with van der Waals surface area (Å²) in [5.41, 5.74) is 2.49. The van der Waals surface area contributed by atoms with Gasteiger partial charge in [-0.15, -0.1) is 0 Å². The predicted molar refractivity (Wildman–Crippen MR) is 99.4 cm³/mol. The minimum absolute atomic E-state index is 0.0165. The molecule has 0 saturated carbocycles. The number of thiazole rings is 1. The fourth-order valence-electron chi connectivity index (χ4n) is 2.28. The molecule has 0 radical (unpaired) electrons. The molecule has 0 aliphatic heterocycles. The molecular formula is C18H14N2O2S2. The number of aromatic nitrogens is 1. The summed E-state index contributed by atoms with van der Waals surface area (Å²) in [7, 11) is 0. The molecular weight excluding hydrogens is 340 g/mol. The van der Waals surface area contributed by atoms with Gasteiger partial charge in [-0.25, -0.2) is 0 Å². The molecule has 0 spiro atoms. The van der Waals surface area contributed by atoms with Crippen LogP contribution < -0.4 is 0 Å². The van der Waals surface area contributed by atoms with Gasteiger partial charge in [0.1, 0.15) is 4.88 Å². The van der Waals surface area contributed by atoms with E-state index in [9.17, 15) is 9.90 Å². The maximum atomic E-state index is 12.5. The number of aromatic hydroxyl groups is 1. The summed E-state index contributed by atoms with van der Waals surface area (Å²) in [4.78, 5) is 20.3. The fraction of sp³-hybridized carbons (Fsp3) is 0.0556. The number of nitrogens with zero attached hydrogens (tertiary/aromatic N) is 1. The summed E-state index contributed by atoms with van der Waals surface area (Å²) in [6, 6.07) is 16.2. The Balaban J connectivity index is 1.93. The quantitative estimate of drug-likeness (QED) is 0.398. The Hall–Kier alpha value is -2.57. The molecule has 120 valence electrons. The highest BCUT2D eigenvalue weighted by atomic mass is 32.1. The van der Waals surface area contributed by atoms with Gasteiger partial charge in [0.15, 0.2) is 9.74 Å². The molecule has 3 rings (SSSR count). The van der Waals surface area contributed by atoms with Crippen LogP contribution in [0.3, 0.4) is 0 Å². The normalized spacial score (nSPS) is 11.5. The number of hydrogen-bond donors (Lipinski definition) is 2. The largest absolute Gasteiger partial charge is 0.493 e. The summed E-state index contributed by atoms with van der Waals surface area (Å²) < 4.78 is 0.491. The second-order valence-electron chi connectivity index (χ2n) is 5.13. The van der Waals surface area contributed by atoms with Gasteiger partial charge in [-0.3, -0.25) is 9.79 Å². The second kappa shape index (κ2) is 6.90. The molecule has 0 amide bonds. The van der Waals surface area contributed by atoms with Crippen LogP contribution in [0.4, 0.5) is 5.69 Å². The molecule has 2 N–H and O–H groups in total. The van der Waals surface area contributed by atoms with Crippen molar-refractivity contribution in [2.45, 2.75) is 6.92 Å². The average molecular weight is 354 g/mol. The number of aliphatic imine (C=N–C) groups is 1. The molecule has 2 aromatic carbocycles. The van der Waals surface area contributed by atoms with Gasteiger partial charge >= 0.3 is 0 Å². The number of aromatic amines is 1. The molecule has 1 heterocycles. The van der Waals surface area contributed by atoms with Gasteiger partial charge in [0.2, 0.25) is 5.88 Å². The van der Waals surface area contributed by atoms with Crippen molar-refractivity contribution >= 4 is 40.7 Å². The molecule has 4 nitrogen and oxygen atoms in total. The van der Waals surface area contributed by atoms with Crippen LogP contribution in [-0.2, 0) is 0 Å². The number of benzene rings is 2. The molecule has 3 aromatic rings. The zero-order valence-electron chi connectivity index (χ0n) is 12.8. The van der Waals surface area contributed by atoms with Gasteiger partial charge in [0, 0.05) is 11.1 Å². The van der Waals surface area contributed by atoms with Crippen molar-refractivity contribution in [3.63, 3.8) is 0 Å². The Morgan fingerprint density at radius 1 is 1.12 bits per heavy atom. The molecule has 0 bridgehead atoms. The summed E-state index contributed by atoms with van der Waals surface area (Å²) >= 11 is 6.28. The SMILES string of the molecule is CC(=Nc1cccc(C(=O)c2ccccc2)c1)c1sc(=S)[nH]c1O. The third-order valence-electron chi connectivity index (χ3n) is 3.40. The van der Waals surface area contributed by atoms with Crippen LogP contribution in [-0.4, -0.2) is 21.6 Å². The molecule has 0 fully saturated rings. The summed E-state index contributed by atoms with van der Waals surface area (Å²) in [6.07, 6.45) is 0. The summed E-state index contributed by atoms with van der Waals surface area (Å²) in [5, 5.41) is 9.82. The van der Waals surface area contributed by atoms with Gasteiger partial charge in [-0.2, -0.15) is 0 Å². The van der Waals surface area contributed by atoms with E-state index in [1.54, 1.807) is 37.3 Å². The van der Waals surface area contributed by atoms with Crippen LogP contribution in [0.5, 0.6) is 5.88 Å². The van der Waals surface area contributed by atoms with Gasteiger partial charge in [0.25, 0.3) is 0 Å². The van der Waals surface area contributed by atoms with E-state index in [1.165, 1.54) is 11.3 Å². The predicted octanol–water partition coefficient (Wildman–Crippen LogP) is 4.88. The van der Waals surface area contributed by atoms with Crippen LogP contribution in [0, 0.1) is 3.95 Å². The lowest BCUT2D eigenvalue weighted by Gasteiger charge is -2.03. The summed E-state index contributed by atoms with van der Waals surface area (Å²) in [5.74, 6) is -0.0341. The zero-order valence-corrected chi connectivity index (χ0v) is 14.4. The molecule has 1 aromatic heterocycles. The van der Waals surface area contributed by atoms with Crippen molar-refractivity contribution in [1.82, 2.24) is 4.98 Å². The first-order valence-corrected chi connectivity index (χ1v) is 8.44. The van der Waals surface area contributed by atoms with Gasteiger partial charge in [-0.1, -0.05) is 53.8 Å². The van der Waals surface area contributed by atoms with E-state index in [1.807, 2.05) is 24.3 Å². The van der Waals surface area contributed by atoms with E-state index in [2.05, 4.69) is 9.98 Å². The highest BCUT2D eigenvalue weighted by Gasteiger charge is 2.11. The Kier molecular flexibility index (Phi) is 4.69. The van der Waals surface area contributed by atoms with Crippen molar-refractivity contribution in [2.24, 2.45) is 4.99 Å². The Bertz CT molecular complexity index is 972. The van der Waals surface area contributed by atoms with Crippen molar-refractivity contribution in [2.75, 3.05) is 0 Å². The van der Waals surface area contributed by atoms with Crippen molar-refractivity contribution in [3.05, 3.63) is 74.6 Å². The van der Waals surface area contributed by atoms with E-state index < -0.39 is 0 Å². The van der Waals surface area contributed by atoms with Crippen molar-refractivity contribution < 1.29 is 9.90 Å². The Morgan fingerprint density at radius 3 is 2.50 bits per heavy atom. The lowest BCUT2D eigenvalue weighted by Crippen LogP contribution is -2.00. The molecule has 0 aliphatic rings. The molecule has 0 atom stereocenters. The molecule has 6 heteroatoms. The maximum Gasteiger partial charge on any atom is 0.209 e. The first kappa shape index (κ1) is 16.3. The minimum Gasteiger partial charge on any atom is -0.493 e. The van der Waals surface area contributed by atoms with E-state index in [4.69, 9.17) is 12.2 Å². The standard InChI is InChI=1S/C18H14N2O2S2/c1-11(16-17(22)20-18(23)24-16)19-14-9-5-8-13(10-14)15(21)12-6-3-2-4-7-12/h2-10,22H,1H3,(H,20,23). The molecule has 24 heavy (non-hydrogen) atoms. The molecule has 0 unspecified atom stereocenters. The van der Waals surface area contributed by atoms with Crippen LogP contribution in [0.15, 0.2) is 59.6 Å². The minimum atomic E-state index is -0.0505. The first-order chi connectivity index (χ1) is 11.5. The van der Waals surface area contributed by atoms with E-state index in [0.29, 0.717) is 31.4 Å². The van der Waals surface area contributed by atoms with E-state index in [0.717, 1.165) is 0 Å². The zero-order chi connectivity index (χ0) is 17.1. The number of ketones is 1. The number of carbonyl (C=O) groups excluding carboxylic acids is 1. The van der Waals surface area contributed by atoms with Crippen LogP contribution >= 0.6 is 23.6 Å². The third kappa shape index (κ3) is 3.50. The molecule has 0 saturated heterocycles. The molecule has 0 aliphatic carbocycles. The number of rotatable bonds is 4. The van der Waals surface area contributed by atoms with Gasteiger partial charge < -0.3 is 10.1 Å². The van der Waals surface area contributed by atoms with Crippen molar-refractivity contribution in [1.29, 1.82) is 0 Å². The first-order valence-electron chi connectivity index (χ1n) is 7.22. The summed E-state index contributed by atoms with van der Waals surface area (Å²) in [6.45, 7) is 1.79. The number of hydrogen-bond acceptors (Lipinski definition) is 5. The fourth-order valence-corrected chi connectivity index (χ4v) is 3.30. The second-order valence-corrected chi connectivity index (χ2v) is 6.82. The number of nitrogens with one attached hydrogen (secondary N) is 1. The highest BCUT2D eigenvalue weighted by molar-refractivity contribution is 7.73. The third-order valence-corrected chi connectivity index (χ3v) is 4.73. The maximum absolute atomic E-state index is 12.5. The Labute approximate surface area is 148 Å². The average Bonchev–Trinajstić information content (AvgIpc) is 2.94. The van der Waals surface area contributed by atoms with Crippen LogP contribution in [0.2, 0.25) is 0 Å². The lowest BCUT2D eigenvalue weighted by atomic mass is 10.0.